The fourth-order valence-corrected chi connectivity index (χ4v) is 5.50. The second-order valence-electron chi connectivity index (χ2n) is 10.2. The molecule has 4 aliphatic heterocycles. The molecular weight excluding hydrogens is 492 g/mol. The van der Waals surface area contributed by atoms with Crippen LogP contribution in [0.15, 0.2) is 24.3 Å². The average Bonchev–Trinajstić information content (AvgIpc) is 3.12. The monoisotopic (exact) mass is 524 g/mol. The number of amides is 6. The van der Waals surface area contributed by atoms with Crippen LogP contribution >= 0.6 is 0 Å². The molecule has 0 aliphatic carbocycles. The highest BCUT2D eigenvalue weighted by molar-refractivity contribution is 6.24. The zero-order valence-electron chi connectivity index (χ0n) is 21.0. The van der Waals surface area contributed by atoms with E-state index in [4.69, 9.17) is 0 Å². The van der Waals surface area contributed by atoms with Crippen molar-refractivity contribution in [1.29, 1.82) is 0 Å². The zero-order valence-corrected chi connectivity index (χ0v) is 21.0. The minimum absolute atomic E-state index is 0.0600. The minimum atomic E-state index is -0.800. The standard InChI is InChI=1S/C26H32N6O6/c33-21-13-19(29-17-5-1-3-11-27-23(17)35)25(37)31(21)15-7-9-16(10-8-15)32-22(34)14-20(26(32)38)30-18-6-2-4-12-28-24(18)36/h7-10,17-20,29-30H,1-6,11-14H2,(H,27,35)(H,28,36)/t17-,18-,19-,20+/m1/s1. The number of anilines is 2. The van der Waals surface area contributed by atoms with E-state index in [-0.39, 0.29) is 24.7 Å². The van der Waals surface area contributed by atoms with Crippen molar-refractivity contribution in [2.45, 2.75) is 75.5 Å². The Balaban J connectivity index is 1.25. The van der Waals surface area contributed by atoms with Gasteiger partial charge in [-0.05, 0) is 62.8 Å². The Morgan fingerprint density at radius 3 is 1.37 bits per heavy atom. The predicted molar refractivity (Wildman–Crippen MR) is 136 cm³/mol. The first-order chi connectivity index (χ1) is 18.3. The molecule has 4 aliphatic rings. The van der Waals surface area contributed by atoms with Gasteiger partial charge in [0.1, 0.15) is 0 Å². The van der Waals surface area contributed by atoms with E-state index in [0.29, 0.717) is 37.3 Å². The lowest BCUT2D eigenvalue weighted by Gasteiger charge is -2.21. The van der Waals surface area contributed by atoms with Crippen LogP contribution in [-0.4, -0.2) is 72.7 Å². The molecule has 4 heterocycles. The topological polar surface area (TPSA) is 157 Å². The number of nitrogens with zero attached hydrogens (tertiary/aromatic N) is 2. The largest absolute Gasteiger partial charge is 0.355 e. The molecule has 0 aromatic heterocycles. The first kappa shape index (κ1) is 26.0. The summed E-state index contributed by atoms with van der Waals surface area (Å²) in [4.78, 5) is 78.2. The molecule has 0 unspecified atom stereocenters. The van der Waals surface area contributed by atoms with Crippen molar-refractivity contribution in [3.05, 3.63) is 24.3 Å². The number of benzene rings is 1. The van der Waals surface area contributed by atoms with Crippen molar-refractivity contribution < 1.29 is 28.8 Å². The van der Waals surface area contributed by atoms with Gasteiger partial charge in [-0.3, -0.25) is 39.4 Å². The summed E-state index contributed by atoms with van der Waals surface area (Å²) in [6.07, 6.45) is 4.49. The van der Waals surface area contributed by atoms with E-state index in [1.807, 2.05) is 0 Å². The SMILES string of the molecule is O=C1NCCCC[C@H]1N[C@H]1CC(=O)N(c2ccc(N3C(=O)C[C@@H](N[C@@H]4CCCCNC4=O)C3=O)cc2)C1=O. The Morgan fingerprint density at radius 2 is 0.974 bits per heavy atom. The molecular formula is C26H32N6O6. The van der Waals surface area contributed by atoms with Gasteiger partial charge in [0.15, 0.2) is 0 Å². The number of hydrogen-bond donors (Lipinski definition) is 4. The Morgan fingerprint density at radius 1 is 0.579 bits per heavy atom. The first-order valence-corrected chi connectivity index (χ1v) is 13.2. The van der Waals surface area contributed by atoms with Crippen LogP contribution in [0.5, 0.6) is 0 Å². The molecule has 0 bridgehead atoms. The highest BCUT2D eigenvalue weighted by Gasteiger charge is 2.43. The van der Waals surface area contributed by atoms with Gasteiger partial charge in [0, 0.05) is 13.1 Å². The number of rotatable bonds is 6. The summed E-state index contributed by atoms with van der Waals surface area (Å²) in [6, 6.07) is 3.42. The molecule has 38 heavy (non-hydrogen) atoms. The lowest BCUT2D eigenvalue weighted by molar-refractivity contribution is -0.125. The maximum absolute atomic E-state index is 13.1. The molecule has 0 saturated carbocycles. The summed E-state index contributed by atoms with van der Waals surface area (Å²) in [5.74, 6) is -2.02. The van der Waals surface area contributed by atoms with Crippen LogP contribution in [-0.2, 0) is 28.8 Å². The fraction of sp³-hybridized carbons (Fsp3) is 0.538. The van der Waals surface area contributed by atoms with Crippen LogP contribution in [0.2, 0.25) is 0 Å². The van der Waals surface area contributed by atoms with Crippen LogP contribution in [0.3, 0.4) is 0 Å². The molecule has 0 radical (unpaired) electrons. The number of imide groups is 2. The van der Waals surface area contributed by atoms with Crippen LogP contribution in [0.25, 0.3) is 0 Å². The number of nitrogens with one attached hydrogen (secondary N) is 4. The Hall–Kier alpha value is -3.64. The lowest BCUT2D eigenvalue weighted by atomic mass is 10.1. The smallest absolute Gasteiger partial charge is 0.251 e. The average molecular weight is 525 g/mol. The number of carbonyl (C=O) groups excluding carboxylic acids is 6. The van der Waals surface area contributed by atoms with E-state index in [1.165, 1.54) is 24.3 Å². The Kier molecular flexibility index (Phi) is 7.52. The first-order valence-electron chi connectivity index (χ1n) is 13.2. The van der Waals surface area contributed by atoms with Gasteiger partial charge in [0.05, 0.1) is 48.4 Å². The molecule has 1 aromatic rings. The quantitative estimate of drug-likeness (QED) is 0.362. The van der Waals surface area contributed by atoms with Gasteiger partial charge in [-0.2, -0.15) is 0 Å². The summed E-state index contributed by atoms with van der Waals surface area (Å²) in [5, 5.41) is 11.7. The molecule has 4 atom stereocenters. The van der Waals surface area contributed by atoms with E-state index in [9.17, 15) is 28.8 Å². The van der Waals surface area contributed by atoms with Crippen LogP contribution < -0.4 is 31.1 Å². The summed E-state index contributed by atoms with van der Waals surface area (Å²) >= 11 is 0. The Bertz CT molecular complexity index is 1060. The van der Waals surface area contributed by atoms with Crippen molar-refractivity contribution in [1.82, 2.24) is 21.3 Å². The van der Waals surface area contributed by atoms with Crippen molar-refractivity contribution in [2.75, 3.05) is 22.9 Å². The summed E-state index contributed by atoms with van der Waals surface area (Å²) in [6.45, 7) is 1.20. The van der Waals surface area contributed by atoms with Gasteiger partial charge in [-0.25, -0.2) is 9.80 Å². The molecule has 1 aromatic carbocycles. The van der Waals surface area contributed by atoms with E-state index in [2.05, 4.69) is 21.3 Å². The molecule has 6 amide bonds. The van der Waals surface area contributed by atoms with Gasteiger partial charge in [0.25, 0.3) is 11.8 Å². The third-order valence-corrected chi connectivity index (χ3v) is 7.53. The summed E-state index contributed by atoms with van der Waals surface area (Å²) < 4.78 is 0. The molecule has 12 nitrogen and oxygen atoms in total. The Labute approximate surface area is 219 Å². The fourth-order valence-electron chi connectivity index (χ4n) is 5.50. The third-order valence-electron chi connectivity index (χ3n) is 7.53. The molecule has 202 valence electrons. The van der Waals surface area contributed by atoms with Gasteiger partial charge < -0.3 is 10.6 Å². The predicted octanol–water partition coefficient (Wildman–Crippen LogP) is -0.533. The lowest BCUT2D eigenvalue weighted by Crippen LogP contribution is -2.50. The van der Waals surface area contributed by atoms with E-state index >= 15 is 0 Å². The summed E-state index contributed by atoms with van der Waals surface area (Å²) in [5.41, 5.74) is 0.643. The maximum Gasteiger partial charge on any atom is 0.251 e. The highest BCUT2D eigenvalue weighted by Crippen LogP contribution is 2.29. The molecule has 0 spiro atoms. The van der Waals surface area contributed by atoms with Gasteiger partial charge in [0.2, 0.25) is 23.6 Å². The number of hydrogen-bond acceptors (Lipinski definition) is 8. The van der Waals surface area contributed by atoms with Crippen molar-refractivity contribution in [2.24, 2.45) is 0 Å². The number of carbonyl (C=O) groups is 6. The summed E-state index contributed by atoms with van der Waals surface area (Å²) in [7, 11) is 0. The minimum Gasteiger partial charge on any atom is -0.355 e. The third kappa shape index (κ3) is 5.18. The van der Waals surface area contributed by atoms with Gasteiger partial charge in [-0.1, -0.05) is 0 Å². The van der Waals surface area contributed by atoms with Crippen LogP contribution in [0, 0.1) is 0 Å². The van der Waals surface area contributed by atoms with E-state index in [1.54, 1.807) is 0 Å². The van der Waals surface area contributed by atoms with Gasteiger partial charge >= 0.3 is 0 Å². The van der Waals surface area contributed by atoms with Crippen LogP contribution in [0.4, 0.5) is 11.4 Å². The van der Waals surface area contributed by atoms with Crippen molar-refractivity contribution in [3.8, 4) is 0 Å². The van der Waals surface area contributed by atoms with Crippen LogP contribution in [0.1, 0.15) is 51.4 Å². The highest BCUT2D eigenvalue weighted by atomic mass is 16.2. The second kappa shape index (κ2) is 11.0. The normalized spacial score (nSPS) is 28.8. The molecule has 4 saturated heterocycles. The molecule has 5 rings (SSSR count). The van der Waals surface area contributed by atoms with Crippen molar-refractivity contribution in [3.63, 3.8) is 0 Å². The molecule has 4 fully saturated rings. The molecule has 12 heteroatoms. The van der Waals surface area contributed by atoms with E-state index in [0.717, 1.165) is 35.5 Å². The van der Waals surface area contributed by atoms with Gasteiger partial charge in [-0.15, -0.1) is 0 Å². The molecule has 4 N–H and O–H groups in total. The second-order valence-corrected chi connectivity index (χ2v) is 10.2. The zero-order chi connectivity index (χ0) is 26.8. The van der Waals surface area contributed by atoms with Crippen molar-refractivity contribution >= 4 is 46.8 Å². The maximum atomic E-state index is 13.1. The van der Waals surface area contributed by atoms with E-state index < -0.39 is 47.8 Å².